The smallest absolute Gasteiger partial charge is 0.273 e. The maximum absolute atomic E-state index is 11.5. The van der Waals surface area contributed by atoms with E-state index in [1.54, 1.807) is 29.1 Å². The molecule has 0 saturated carbocycles. The van der Waals surface area contributed by atoms with Gasteiger partial charge in [-0.15, -0.1) is 0 Å². The Morgan fingerprint density at radius 3 is 2.67 bits per heavy atom. The van der Waals surface area contributed by atoms with Gasteiger partial charge in [0.1, 0.15) is 10.9 Å². The Labute approximate surface area is 111 Å². The maximum Gasteiger partial charge on any atom is 0.273 e. The fourth-order valence-electron chi connectivity index (χ4n) is 0.611. The first-order valence-electron chi connectivity index (χ1n) is 3.71. The highest BCUT2D eigenvalue weighted by Gasteiger charge is 2.11. The minimum absolute atomic E-state index is 0.0134. The molecular weight excluding hydrogens is 351 g/mol. The van der Waals surface area contributed by atoms with Crippen molar-refractivity contribution >= 4 is 63.0 Å². The van der Waals surface area contributed by atoms with Crippen LogP contribution in [0.15, 0.2) is 19.9 Å². The van der Waals surface area contributed by atoms with Crippen molar-refractivity contribution in [3.05, 3.63) is 11.7 Å². The third kappa shape index (κ3) is 6.13. The Balaban J connectivity index is 4.61. The van der Waals surface area contributed by atoms with Crippen LogP contribution < -0.4 is 11.1 Å². The lowest BCUT2D eigenvalue weighted by Gasteiger charge is -2.05. The van der Waals surface area contributed by atoms with Gasteiger partial charge in [0.15, 0.2) is 5.17 Å². The van der Waals surface area contributed by atoms with E-state index in [1.165, 1.54) is 11.8 Å². The fourth-order valence-corrected chi connectivity index (χ4v) is 1.69. The van der Waals surface area contributed by atoms with Crippen LogP contribution in [0.5, 0.6) is 0 Å². The lowest BCUT2D eigenvalue weighted by atomic mass is 10.3. The number of nitrogens with two attached hydrogens (primary N) is 1. The number of hydrogen-bond donors (Lipinski definition) is 2. The average Bonchev–Trinajstić information content (AvgIpc) is 2.21. The molecule has 84 valence electrons. The molecule has 0 spiro atoms. The summed E-state index contributed by atoms with van der Waals surface area (Å²) in [4.78, 5) is 15.2. The van der Waals surface area contributed by atoms with Gasteiger partial charge >= 0.3 is 0 Å². The van der Waals surface area contributed by atoms with Crippen LogP contribution in [0.4, 0.5) is 0 Å². The molecule has 3 N–H and O–H groups in total. The Morgan fingerprint density at radius 2 is 2.33 bits per heavy atom. The Bertz CT molecular complexity index is 318. The number of carbonyl (C=O) groups is 1. The van der Waals surface area contributed by atoms with E-state index >= 15 is 0 Å². The van der Waals surface area contributed by atoms with E-state index in [-0.39, 0.29) is 17.4 Å². The molecule has 0 rings (SSSR count). The van der Waals surface area contributed by atoms with Gasteiger partial charge in [-0.1, -0.05) is 29.9 Å². The molecule has 0 aromatic heterocycles. The Morgan fingerprint density at radius 1 is 1.73 bits per heavy atom. The van der Waals surface area contributed by atoms with E-state index in [2.05, 4.69) is 20.1 Å². The zero-order valence-electron chi connectivity index (χ0n) is 7.96. The van der Waals surface area contributed by atoms with Crippen molar-refractivity contribution in [2.75, 3.05) is 12.8 Å². The summed E-state index contributed by atoms with van der Waals surface area (Å²) in [6.07, 6.45) is 1.79. The second kappa shape index (κ2) is 8.08. The molecule has 0 fully saturated rings. The molecule has 8 heteroatoms. The molecule has 0 atom stereocenters. The summed E-state index contributed by atoms with van der Waals surface area (Å²) in [5.74, 6) is -0.427. The number of amides is 1. The lowest BCUT2D eigenvalue weighted by Crippen LogP contribution is -2.37. The predicted octanol–water partition coefficient (Wildman–Crippen LogP) is 1.28. The van der Waals surface area contributed by atoms with Crippen LogP contribution in [0.1, 0.15) is 0 Å². The summed E-state index contributed by atoms with van der Waals surface area (Å²) in [5, 5.41) is 3.02. The molecule has 0 saturated heterocycles. The van der Waals surface area contributed by atoms with E-state index in [9.17, 15) is 4.79 Å². The molecule has 0 aliphatic heterocycles. The Kier molecular flexibility index (Phi) is 8.02. The summed E-state index contributed by atoms with van der Waals surface area (Å²) < 4.78 is 3.81. The first kappa shape index (κ1) is 14.9. The van der Waals surface area contributed by atoms with E-state index < -0.39 is 5.91 Å². The molecule has 0 unspecified atom stereocenters. The van der Waals surface area contributed by atoms with Crippen LogP contribution in [0.25, 0.3) is 0 Å². The van der Waals surface area contributed by atoms with Crippen molar-refractivity contribution in [3.63, 3.8) is 0 Å². The normalized spacial score (nSPS) is 12.5. The molecular formula is C7H10ClIN4OS. The van der Waals surface area contributed by atoms with E-state index in [0.29, 0.717) is 5.17 Å². The number of nitrogens with one attached hydrogen (secondary N) is 1. The number of hydrogen-bond acceptors (Lipinski definition) is 5. The molecule has 0 heterocycles. The van der Waals surface area contributed by atoms with Gasteiger partial charge in [-0.2, -0.15) is 3.21 Å². The number of aliphatic imine (C=N–C) groups is 1. The molecule has 0 aliphatic carbocycles. The molecule has 0 radical (unpaired) electrons. The minimum atomic E-state index is -0.427. The van der Waals surface area contributed by atoms with Gasteiger partial charge in [0.2, 0.25) is 0 Å². The van der Waals surface area contributed by atoms with Crippen molar-refractivity contribution in [3.8, 4) is 0 Å². The molecule has 0 bridgehead atoms. The van der Waals surface area contributed by atoms with Gasteiger partial charge in [-0.05, 0) is 6.26 Å². The van der Waals surface area contributed by atoms with Crippen molar-refractivity contribution in [1.82, 2.24) is 5.32 Å². The van der Waals surface area contributed by atoms with Gasteiger partial charge in [-0.25, -0.2) is 4.99 Å². The quantitative estimate of drug-likeness (QED) is 0.344. The topological polar surface area (TPSA) is 79.8 Å². The van der Waals surface area contributed by atoms with E-state index in [4.69, 9.17) is 17.3 Å². The SMILES string of the molecule is C=C(Cl)N=C(CN)C(=O)NC(=NI)SC. The van der Waals surface area contributed by atoms with Crippen molar-refractivity contribution in [2.24, 2.45) is 13.9 Å². The number of halogens is 2. The first-order valence-corrected chi connectivity index (χ1v) is 6.28. The van der Waals surface area contributed by atoms with Gasteiger partial charge in [0.05, 0.1) is 22.9 Å². The summed E-state index contributed by atoms with van der Waals surface area (Å²) in [6.45, 7) is 3.34. The van der Waals surface area contributed by atoms with Crippen LogP contribution in [0.2, 0.25) is 0 Å². The zero-order valence-corrected chi connectivity index (χ0v) is 11.7. The number of carbonyl (C=O) groups excluding carboxylic acids is 1. The van der Waals surface area contributed by atoms with Gasteiger partial charge in [-0.3, -0.25) is 10.1 Å². The molecule has 5 nitrogen and oxygen atoms in total. The van der Waals surface area contributed by atoms with Gasteiger partial charge < -0.3 is 5.73 Å². The predicted molar refractivity (Wildman–Crippen MR) is 74.6 cm³/mol. The van der Waals surface area contributed by atoms with E-state index in [0.717, 1.165) is 0 Å². The van der Waals surface area contributed by atoms with Crippen LogP contribution in [-0.4, -0.2) is 29.6 Å². The van der Waals surface area contributed by atoms with E-state index in [1.807, 2.05) is 0 Å². The highest BCUT2D eigenvalue weighted by molar-refractivity contribution is 14.1. The minimum Gasteiger partial charge on any atom is -0.325 e. The Hall–Kier alpha value is -0.120. The maximum atomic E-state index is 11.5. The van der Waals surface area contributed by atoms with Gasteiger partial charge in [0.25, 0.3) is 5.91 Å². The summed E-state index contributed by atoms with van der Waals surface area (Å²) in [5.41, 5.74) is 5.45. The fraction of sp³-hybridized carbons (Fsp3) is 0.286. The molecule has 0 aromatic carbocycles. The molecule has 0 aromatic rings. The summed E-state index contributed by atoms with van der Waals surface area (Å²) >= 11 is 8.53. The van der Waals surface area contributed by atoms with Crippen molar-refractivity contribution in [2.45, 2.75) is 0 Å². The summed E-state index contributed by atoms with van der Waals surface area (Å²) in [7, 11) is 0. The first-order chi connectivity index (χ1) is 7.04. The molecule has 15 heavy (non-hydrogen) atoms. The average molecular weight is 361 g/mol. The molecule has 0 aliphatic rings. The monoisotopic (exact) mass is 360 g/mol. The van der Waals surface area contributed by atoms with Crippen LogP contribution in [0.3, 0.4) is 0 Å². The third-order valence-corrected chi connectivity index (χ3v) is 2.68. The lowest BCUT2D eigenvalue weighted by molar-refractivity contribution is -0.113. The second-order valence-corrected chi connectivity index (χ2v) is 3.90. The van der Waals surface area contributed by atoms with Crippen LogP contribution >= 0.6 is 46.2 Å². The number of nitrogens with zero attached hydrogens (tertiary/aromatic N) is 2. The number of thioether (sulfide) groups is 1. The van der Waals surface area contributed by atoms with Crippen LogP contribution in [0, 0.1) is 0 Å². The molecule has 1 amide bonds. The number of rotatable bonds is 3. The number of amidine groups is 1. The largest absolute Gasteiger partial charge is 0.325 e. The summed E-state index contributed by atoms with van der Waals surface area (Å²) in [6, 6.07) is 0. The third-order valence-electron chi connectivity index (χ3n) is 1.20. The van der Waals surface area contributed by atoms with Gasteiger partial charge in [0, 0.05) is 6.54 Å². The van der Waals surface area contributed by atoms with Crippen molar-refractivity contribution in [1.29, 1.82) is 0 Å². The second-order valence-electron chi connectivity index (χ2n) is 2.19. The van der Waals surface area contributed by atoms with Crippen LogP contribution in [-0.2, 0) is 4.79 Å². The highest BCUT2D eigenvalue weighted by Crippen LogP contribution is 2.01. The highest BCUT2D eigenvalue weighted by atomic mass is 127. The zero-order chi connectivity index (χ0) is 11.8. The van der Waals surface area contributed by atoms with Crippen molar-refractivity contribution < 1.29 is 4.79 Å². The standard InChI is InChI=1S/C7H10ClIN4OS/c1-4(8)11-5(3-10)6(14)12-7(13-9)15-2/h1,3,10H2,2H3,(H,12,13,14).